The molecule has 0 aliphatic heterocycles. The molecule has 0 aromatic carbocycles. The van der Waals surface area contributed by atoms with E-state index >= 15 is 0 Å². The van der Waals surface area contributed by atoms with E-state index in [0.29, 0.717) is 12.1 Å². The molecule has 3 fully saturated rings. The van der Waals surface area contributed by atoms with E-state index in [9.17, 15) is 10.2 Å². The quantitative estimate of drug-likeness (QED) is 0.776. The van der Waals surface area contributed by atoms with Crippen molar-refractivity contribution in [3.63, 3.8) is 0 Å². The zero-order valence-electron chi connectivity index (χ0n) is 16.6. The molecular formula is C20H29N5O3. The van der Waals surface area contributed by atoms with Crippen molar-refractivity contribution in [1.82, 2.24) is 19.5 Å². The highest BCUT2D eigenvalue weighted by atomic mass is 16.5. The first-order valence-corrected chi connectivity index (χ1v) is 10.2. The van der Waals surface area contributed by atoms with Crippen molar-refractivity contribution in [3.05, 3.63) is 12.7 Å². The summed E-state index contributed by atoms with van der Waals surface area (Å²) in [7, 11) is 3.94. The fourth-order valence-corrected chi connectivity index (χ4v) is 5.80. The minimum absolute atomic E-state index is 0.0139. The van der Waals surface area contributed by atoms with Crippen LogP contribution in [-0.2, 0) is 4.74 Å². The van der Waals surface area contributed by atoms with Gasteiger partial charge in [0.1, 0.15) is 6.33 Å². The van der Waals surface area contributed by atoms with Crippen LogP contribution in [0.4, 0.5) is 5.82 Å². The molecule has 0 amide bonds. The first-order valence-electron chi connectivity index (χ1n) is 10.2. The van der Waals surface area contributed by atoms with E-state index in [1.54, 1.807) is 6.33 Å². The van der Waals surface area contributed by atoms with Crippen LogP contribution in [0.3, 0.4) is 0 Å². The Morgan fingerprint density at radius 2 is 1.96 bits per heavy atom. The molecule has 2 unspecified atom stereocenters. The number of hydrogen-bond acceptors (Lipinski definition) is 7. The number of hydrogen-bond donors (Lipinski definition) is 2. The van der Waals surface area contributed by atoms with Crippen molar-refractivity contribution in [2.75, 3.05) is 32.3 Å². The molecule has 3 saturated carbocycles. The zero-order chi connectivity index (χ0) is 19.5. The Morgan fingerprint density at radius 3 is 2.57 bits per heavy atom. The summed E-state index contributed by atoms with van der Waals surface area (Å²) >= 11 is 0. The average Bonchev–Trinajstić information content (AvgIpc) is 3.04. The molecule has 1 spiro atoms. The van der Waals surface area contributed by atoms with Crippen molar-refractivity contribution >= 4 is 17.0 Å². The molecule has 2 aromatic rings. The van der Waals surface area contributed by atoms with Crippen LogP contribution < -0.4 is 4.90 Å². The molecule has 2 aromatic heterocycles. The normalized spacial score (nSPS) is 28.0. The lowest BCUT2D eigenvalue weighted by molar-refractivity contribution is -0.152. The minimum atomic E-state index is -0.369. The summed E-state index contributed by atoms with van der Waals surface area (Å²) in [5.74, 6) is 0.879. The largest absolute Gasteiger partial charge is 0.396 e. The second kappa shape index (κ2) is 6.37. The first-order chi connectivity index (χ1) is 13.6. The van der Waals surface area contributed by atoms with Gasteiger partial charge in [0.25, 0.3) is 0 Å². The van der Waals surface area contributed by atoms with E-state index in [-0.39, 0.29) is 30.1 Å². The number of aromatic nitrogens is 4. The fourth-order valence-electron chi connectivity index (χ4n) is 5.80. The second-order valence-electron chi connectivity index (χ2n) is 9.07. The highest BCUT2D eigenvalue weighted by molar-refractivity contribution is 5.83. The summed E-state index contributed by atoms with van der Waals surface area (Å²) in [6.45, 7) is 0.0278. The topological polar surface area (TPSA) is 96.5 Å². The van der Waals surface area contributed by atoms with Crippen molar-refractivity contribution in [2.24, 2.45) is 10.8 Å². The van der Waals surface area contributed by atoms with Crippen molar-refractivity contribution in [3.8, 4) is 0 Å². The molecule has 0 bridgehead atoms. The maximum Gasteiger partial charge on any atom is 0.165 e. The van der Waals surface area contributed by atoms with Gasteiger partial charge < -0.3 is 24.4 Å². The smallest absolute Gasteiger partial charge is 0.165 e. The summed E-state index contributed by atoms with van der Waals surface area (Å²) in [5, 5.41) is 19.1. The Labute approximate surface area is 164 Å². The fraction of sp³-hybridized carbons (Fsp3) is 0.750. The van der Waals surface area contributed by atoms with E-state index in [1.165, 1.54) is 19.3 Å². The number of methoxy groups -OCH3 is 1. The molecule has 3 aliphatic rings. The number of anilines is 1. The number of imidazole rings is 1. The van der Waals surface area contributed by atoms with E-state index in [0.717, 1.165) is 36.2 Å². The second-order valence-corrected chi connectivity index (χ2v) is 9.07. The van der Waals surface area contributed by atoms with Gasteiger partial charge in [-0.15, -0.1) is 0 Å². The van der Waals surface area contributed by atoms with Crippen LogP contribution in [-0.4, -0.2) is 69.2 Å². The highest BCUT2D eigenvalue weighted by Gasteiger charge is 2.60. The lowest BCUT2D eigenvalue weighted by Crippen LogP contribution is -2.67. The Kier molecular flexibility index (Phi) is 4.16. The predicted molar refractivity (Wildman–Crippen MR) is 104 cm³/mol. The maximum absolute atomic E-state index is 9.57. The van der Waals surface area contributed by atoms with Gasteiger partial charge >= 0.3 is 0 Å². The summed E-state index contributed by atoms with van der Waals surface area (Å²) in [6, 6.07) is 0.631. The van der Waals surface area contributed by atoms with Crippen LogP contribution in [0, 0.1) is 10.8 Å². The molecule has 2 N–H and O–H groups in total. The van der Waals surface area contributed by atoms with E-state index < -0.39 is 0 Å². The van der Waals surface area contributed by atoms with Gasteiger partial charge in [-0.05, 0) is 32.1 Å². The number of fused-ring (bicyclic) bond motifs is 1. The third-order valence-electron chi connectivity index (χ3n) is 7.85. The van der Waals surface area contributed by atoms with Crippen LogP contribution in [0.5, 0.6) is 0 Å². The molecule has 2 heterocycles. The monoisotopic (exact) mass is 387 g/mol. The number of aliphatic hydroxyl groups is 2. The third kappa shape index (κ3) is 2.31. The van der Waals surface area contributed by atoms with Crippen molar-refractivity contribution in [2.45, 2.75) is 56.7 Å². The molecule has 3 aliphatic carbocycles. The van der Waals surface area contributed by atoms with Crippen LogP contribution in [0.1, 0.15) is 44.6 Å². The van der Waals surface area contributed by atoms with Crippen LogP contribution >= 0.6 is 0 Å². The van der Waals surface area contributed by atoms with Crippen molar-refractivity contribution < 1.29 is 14.9 Å². The van der Waals surface area contributed by atoms with Gasteiger partial charge in [0, 0.05) is 37.1 Å². The standard InChI is InChI=1S/C20H29N5O3/c1-24(14-6-15(28-2)20(14)4-3-5-20)17-16-18(22-11-21-17)25(12-23-16)13-7-19(8-13,9-26)10-27/h11-15,26-27H,3-10H2,1-2H3. The lowest BCUT2D eigenvalue weighted by Gasteiger charge is -2.63. The summed E-state index contributed by atoms with van der Waals surface area (Å²) in [4.78, 5) is 16.0. The molecule has 28 heavy (non-hydrogen) atoms. The molecule has 152 valence electrons. The Balaban J connectivity index is 1.42. The van der Waals surface area contributed by atoms with Crippen LogP contribution in [0.25, 0.3) is 11.2 Å². The van der Waals surface area contributed by atoms with Crippen LogP contribution in [0.2, 0.25) is 0 Å². The molecule has 8 heteroatoms. The van der Waals surface area contributed by atoms with Gasteiger partial charge in [0.15, 0.2) is 17.0 Å². The minimum Gasteiger partial charge on any atom is -0.396 e. The zero-order valence-corrected chi connectivity index (χ0v) is 16.6. The lowest BCUT2D eigenvalue weighted by atomic mass is 9.50. The van der Waals surface area contributed by atoms with Gasteiger partial charge in [-0.25, -0.2) is 15.0 Å². The molecule has 0 saturated heterocycles. The van der Waals surface area contributed by atoms with Gasteiger partial charge in [0.2, 0.25) is 0 Å². The van der Waals surface area contributed by atoms with Gasteiger partial charge in [0.05, 0.1) is 25.6 Å². The van der Waals surface area contributed by atoms with Gasteiger partial charge in [-0.3, -0.25) is 0 Å². The molecule has 5 rings (SSSR count). The SMILES string of the molecule is COC1CC(N(C)c2ncnc3c2ncn3C2CC(CO)(CO)C2)C12CCC2. The number of ether oxygens (including phenoxy) is 1. The van der Waals surface area contributed by atoms with E-state index in [1.807, 2.05) is 13.4 Å². The predicted octanol–water partition coefficient (Wildman–Crippen LogP) is 1.53. The number of aliphatic hydroxyl groups excluding tert-OH is 2. The third-order valence-corrected chi connectivity index (χ3v) is 7.85. The van der Waals surface area contributed by atoms with Crippen LogP contribution in [0.15, 0.2) is 12.7 Å². The summed E-state index contributed by atoms with van der Waals surface area (Å²) < 4.78 is 7.81. The highest BCUT2D eigenvalue weighted by Crippen LogP contribution is 2.59. The van der Waals surface area contributed by atoms with Gasteiger partial charge in [-0.2, -0.15) is 0 Å². The summed E-state index contributed by atoms with van der Waals surface area (Å²) in [5.41, 5.74) is 1.55. The van der Waals surface area contributed by atoms with E-state index in [2.05, 4.69) is 31.5 Å². The average molecular weight is 387 g/mol. The summed E-state index contributed by atoms with van der Waals surface area (Å²) in [6.07, 6.45) is 10.0. The molecule has 8 nitrogen and oxygen atoms in total. The molecular weight excluding hydrogens is 358 g/mol. The Bertz CT molecular complexity index is 868. The Hall–Kier alpha value is -1.77. The van der Waals surface area contributed by atoms with Gasteiger partial charge in [-0.1, -0.05) is 6.42 Å². The maximum atomic E-state index is 9.57. The first kappa shape index (κ1) is 18.3. The Morgan fingerprint density at radius 1 is 1.21 bits per heavy atom. The van der Waals surface area contributed by atoms with Crippen molar-refractivity contribution in [1.29, 1.82) is 0 Å². The van der Waals surface area contributed by atoms with E-state index in [4.69, 9.17) is 4.74 Å². The number of rotatable bonds is 6. The molecule has 2 atom stereocenters. The molecule has 0 radical (unpaired) electrons. The number of nitrogens with zero attached hydrogens (tertiary/aromatic N) is 5.